The summed E-state index contributed by atoms with van der Waals surface area (Å²) in [6.07, 6.45) is 0. The third kappa shape index (κ3) is 2.79. The number of aryl methyl sites for hydroxylation is 1. The molecule has 0 bridgehead atoms. The molecule has 0 saturated heterocycles. The van der Waals surface area contributed by atoms with Crippen molar-refractivity contribution in [2.45, 2.75) is 33.4 Å². The highest BCUT2D eigenvalue weighted by Crippen LogP contribution is 2.24. The van der Waals surface area contributed by atoms with Gasteiger partial charge in [-0.1, -0.05) is 32.0 Å². The fourth-order valence-corrected chi connectivity index (χ4v) is 1.98. The normalized spacial score (nSPS) is 12.9. The van der Waals surface area contributed by atoms with Gasteiger partial charge in [0.1, 0.15) is 11.3 Å². The molecule has 4 nitrogen and oxygen atoms in total. The number of amides is 1. The topological polar surface area (TPSA) is 68.3 Å². The molecule has 0 fully saturated rings. The van der Waals surface area contributed by atoms with Crippen molar-refractivity contribution in [3.63, 3.8) is 0 Å². The molecule has 1 heterocycles. The average Bonchev–Trinajstić information content (AvgIpc) is 2.72. The molecule has 0 aliphatic carbocycles. The van der Waals surface area contributed by atoms with Crippen LogP contribution in [0.5, 0.6) is 0 Å². The first-order valence-corrected chi connectivity index (χ1v) is 6.51. The van der Waals surface area contributed by atoms with Crippen molar-refractivity contribution >= 4 is 16.9 Å². The van der Waals surface area contributed by atoms with Crippen LogP contribution in [0.15, 0.2) is 28.7 Å². The van der Waals surface area contributed by atoms with Crippen LogP contribution in [0, 0.1) is 12.8 Å². The van der Waals surface area contributed by atoms with E-state index in [1.54, 1.807) is 0 Å². The van der Waals surface area contributed by atoms with E-state index in [1.165, 1.54) is 0 Å². The van der Waals surface area contributed by atoms with E-state index in [2.05, 4.69) is 5.32 Å². The number of fused-ring (bicyclic) bond motifs is 1. The van der Waals surface area contributed by atoms with Crippen LogP contribution in [0.2, 0.25) is 0 Å². The molecule has 2 rings (SSSR count). The predicted octanol–water partition coefficient (Wildman–Crippen LogP) is 2.34. The van der Waals surface area contributed by atoms with Gasteiger partial charge in [0.05, 0.1) is 12.6 Å². The Bertz CT molecular complexity index is 587. The van der Waals surface area contributed by atoms with Gasteiger partial charge < -0.3 is 15.5 Å². The number of carbonyl (C=O) groups is 1. The molecule has 1 aromatic heterocycles. The quantitative estimate of drug-likeness (QED) is 0.886. The van der Waals surface area contributed by atoms with Gasteiger partial charge in [0, 0.05) is 10.9 Å². The summed E-state index contributed by atoms with van der Waals surface area (Å²) < 4.78 is 5.73. The lowest BCUT2D eigenvalue weighted by Gasteiger charge is -2.14. The van der Waals surface area contributed by atoms with Crippen LogP contribution in [0.1, 0.15) is 25.2 Å². The van der Waals surface area contributed by atoms with Crippen LogP contribution < -0.4 is 11.1 Å². The Morgan fingerprint density at radius 1 is 1.37 bits per heavy atom. The number of furan rings is 1. The first-order valence-electron chi connectivity index (χ1n) is 6.51. The van der Waals surface area contributed by atoms with E-state index in [1.807, 2.05) is 45.0 Å². The lowest BCUT2D eigenvalue weighted by atomic mass is 10.1. The summed E-state index contributed by atoms with van der Waals surface area (Å²) >= 11 is 0. The fraction of sp³-hybridized carbons (Fsp3) is 0.400. The number of carbonyl (C=O) groups excluding carboxylic acids is 1. The second-order valence-corrected chi connectivity index (χ2v) is 5.13. The van der Waals surface area contributed by atoms with E-state index < -0.39 is 6.04 Å². The van der Waals surface area contributed by atoms with Crippen LogP contribution in [0.25, 0.3) is 11.0 Å². The number of benzene rings is 1. The van der Waals surface area contributed by atoms with Gasteiger partial charge in [-0.05, 0) is 18.9 Å². The Hall–Kier alpha value is -1.81. The second-order valence-electron chi connectivity index (χ2n) is 5.13. The largest absolute Gasteiger partial charge is 0.459 e. The SMILES string of the molecule is Cc1c(CNC(=O)[C@@H](N)C(C)C)oc2ccccc12. The zero-order chi connectivity index (χ0) is 14.0. The molecule has 0 radical (unpaired) electrons. The Kier molecular flexibility index (Phi) is 3.90. The van der Waals surface area contributed by atoms with Gasteiger partial charge in [0.15, 0.2) is 0 Å². The minimum Gasteiger partial charge on any atom is -0.459 e. The summed E-state index contributed by atoms with van der Waals surface area (Å²) in [5.74, 6) is 0.761. The lowest BCUT2D eigenvalue weighted by molar-refractivity contribution is -0.123. The monoisotopic (exact) mass is 260 g/mol. The molecule has 0 aliphatic rings. The van der Waals surface area contributed by atoms with Gasteiger partial charge in [0.25, 0.3) is 0 Å². The molecule has 0 spiro atoms. The predicted molar refractivity (Wildman–Crippen MR) is 75.6 cm³/mol. The molecule has 0 aliphatic heterocycles. The Balaban J connectivity index is 2.10. The number of hydrogen-bond acceptors (Lipinski definition) is 3. The van der Waals surface area contributed by atoms with Gasteiger partial charge in [-0.15, -0.1) is 0 Å². The molecular weight excluding hydrogens is 240 g/mol. The van der Waals surface area contributed by atoms with Crippen molar-refractivity contribution in [2.75, 3.05) is 0 Å². The van der Waals surface area contributed by atoms with Crippen LogP contribution in [-0.2, 0) is 11.3 Å². The van der Waals surface area contributed by atoms with Crippen LogP contribution in [0.4, 0.5) is 0 Å². The third-order valence-electron chi connectivity index (χ3n) is 3.39. The number of nitrogens with two attached hydrogens (primary N) is 1. The van der Waals surface area contributed by atoms with Crippen molar-refractivity contribution in [2.24, 2.45) is 11.7 Å². The Morgan fingerprint density at radius 2 is 2.05 bits per heavy atom. The number of nitrogens with one attached hydrogen (secondary N) is 1. The maximum absolute atomic E-state index is 11.8. The summed E-state index contributed by atoms with van der Waals surface area (Å²) in [5.41, 5.74) is 7.70. The summed E-state index contributed by atoms with van der Waals surface area (Å²) in [5, 5.41) is 3.91. The van der Waals surface area contributed by atoms with E-state index >= 15 is 0 Å². The van der Waals surface area contributed by atoms with Gasteiger partial charge >= 0.3 is 0 Å². The van der Waals surface area contributed by atoms with E-state index in [0.29, 0.717) is 6.54 Å². The summed E-state index contributed by atoms with van der Waals surface area (Å²) in [6.45, 7) is 6.23. The lowest BCUT2D eigenvalue weighted by Crippen LogP contribution is -2.43. The summed E-state index contributed by atoms with van der Waals surface area (Å²) in [6, 6.07) is 7.36. The van der Waals surface area contributed by atoms with Crippen LogP contribution >= 0.6 is 0 Å². The summed E-state index contributed by atoms with van der Waals surface area (Å²) in [7, 11) is 0. The van der Waals surface area contributed by atoms with E-state index in [0.717, 1.165) is 22.3 Å². The average molecular weight is 260 g/mol. The maximum Gasteiger partial charge on any atom is 0.237 e. The highest BCUT2D eigenvalue weighted by molar-refractivity contribution is 5.83. The zero-order valence-corrected chi connectivity index (χ0v) is 11.6. The molecule has 19 heavy (non-hydrogen) atoms. The molecule has 2 aromatic rings. The standard InChI is InChI=1S/C15H20N2O2/c1-9(2)14(16)15(18)17-8-13-10(3)11-6-4-5-7-12(11)19-13/h4-7,9,14H,8,16H2,1-3H3,(H,17,18)/t14-/m0/s1. The first-order chi connectivity index (χ1) is 9.00. The highest BCUT2D eigenvalue weighted by atomic mass is 16.3. The summed E-state index contributed by atoms with van der Waals surface area (Å²) in [4.78, 5) is 11.8. The Labute approximate surface area is 113 Å². The maximum atomic E-state index is 11.8. The van der Waals surface area contributed by atoms with Crippen molar-refractivity contribution in [3.05, 3.63) is 35.6 Å². The molecule has 102 valence electrons. The zero-order valence-electron chi connectivity index (χ0n) is 11.6. The smallest absolute Gasteiger partial charge is 0.237 e. The number of hydrogen-bond donors (Lipinski definition) is 2. The van der Waals surface area contributed by atoms with Gasteiger partial charge in [0.2, 0.25) is 5.91 Å². The van der Waals surface area contributed by atoms with Crippen molar-refractivity contribution in [1.82, 2.24) is 5.32 Å². The van der Waals surface area contributed by atoms with Crippen molar-refractivity contribution in [3.8, 4) is 0 Å². The molecule has 0 unspecified atom stereocenters. The number of rotatable bonds is 4. The van der Waals surface area contributed by atoms with E-state index in [9.17, 15) is 4.79 Å². The second kappa shape index (κ2) is 5.45. The minimum absolute atomic E-state index is 0.122. The highest BCUT2D eigenvalue weighted by Gasteiger charge is 2.18. The van der Waals surface area contributed by atoms with Crippen LogP contribution in [0.3, 0.4) is 0 Å². The van der Waals surface area contributed by atoms with Gasteiger partial charge in [-0.25, -0.2) is 0 Å². The molecule has 3 N–H and O–H groups in total. The van der Waals surface area contributed by atoms with E-state index in [-0.39, 0.29) is 11.8 Å². The molecule has 1 atom stereocenters. The van der Waals surface area contributed by atoms with Crippen LogP contribution in [-0.4, -0.2) is 11.9 Å². The fourth-order valence-electron chi connectivity index (χ4n) is 1.98. The van der Waals surface area contributed by atoms with Crippen molar-refractivity contribution < 1.29 is 9.21 Å². The van der Waals surface area contributed by atoms with Crippen molar-refractivity contribution in [1.29, 1.82) is 0 Å². The molecular formula is C15H20N2O2. The molecule has 4 heteroatoms. The third-order valence-corrected chi connectivity index (χ3v) is 3.39. The van der Waals surface area contributed by atoms with Gasteiger partial charge in [-0.2, -0.15) is 0 Å². The first kappa shape index (κ1) is 13.6. The van der Waals surface area contributed by atoms with E-state index in [4.69, 9.17) is 10.2 Å². The van der Waals surface area contributed by atoms with Gasteiger partial charge in [-0.3, -0.25) is 4.79 Å². The minimum atomic E-state index is -0.482. The molecule has 0 saturated carbocycles. The molecule has 1 aromatic carbocycles. The number of para-hydroxylation sites is 1. The molecule has 1 amide bonds. The Morgan fingerprint density at radius 3 is 2.68 bits per heavy atom.